The Morgan fingerprint density at radius 2 is 1.77 bits per heavy atom. The molecule has 5 nitrogen and oxygen atoms in total. The molecule has 4 unspecified atom stereocenters. The summed E-state index contributed by atoms with van der Waals surface area (Å²) in [4.78, 5) is 13.8. The molecule has 0 heterocycles. The lowest BCUT2D eigenvalue weighted by molar-refractivity contribution is 0.191. The number of carbonyl (C=O) groups excluding carboxylic acids is 1. The lowest BCUT2D eigenvalue weighted by atomic mass is 9.85. The minimum Gasteiger partial charge on any atom is -0.335 e. The van der Waals surface area contributed by atoms with Crippen molar-refractivity contribution < 1.29 is 13.2 Å². The number of sulfone groups is 1. The molecule has 0 aromatic heterocycles. The van der Waals surface area contributed by atoms with Crippen LogP contribution < -0.4 is 5.32 Å². The highest BCUT2D eigenvalue weighted by molar-refractivity contribution is 7.91. The van der Waals surface area contributed by atoms with Gasteiger partial charge in [-0.1, -0.05) is 32.1 Å². The number of nitrogens with one attached hydrogen (secondary N) is 1. The molecule has 2 rings (SSSR count). The van der Waals surface area contributed by atoms with E-state index in [0.29, 0.717) is 12.0 Å². The Morgan fingerprint density at radius 1 is 1.18 bits per heavy atom. The van der Waals surface area contributed by atoms with Crippen LogP contribution in [0.5, 0.6) is 0 Å². The standard InChI is InChI=1S/C16H30N2O3S/c1-11(12(2)22(4,20)21)18(3)16(19)17-15-10-14(15)13-8-6-5-7-9-13/h11-15H,5-10H2,1-4H3,(H,17,19). The van der Waals surface area contributed by atoms with Crippen molar-refractivity contribution in [2.24, 2.45) is 11.8 Å². The van der Waals surface area contributed by atoms with Gasteiger partial charge in [0.25, 0.3) is 0 Å². The van der Waals surface area contributed by atoms with Crippen LogP contribution in [0.3, 0.4) is 0 Å². The van der Waals surface area contributed by atoms with Gasteiger partial charge in [-0.25, -0.2) is 13.2 Å². The van der Waals surface area contributed by atoms with Crippen LogP contribution in [0.2, 0.25) is 0 Å². The van der Waals surface area contributed by atoms with E-state index < -0.39 is 15.1 Å². The maximum atomic E-state index is 12.3. The van der Waals surface area contributed by atoms with Crippen LogP contribution in [0.4, 0.5) is 4.79 Å². The first-order chi connectivity index (χ1) is 10.2. The molecule has 2 saturated carbocycles. The molecular weight excluding hydrogens is 300 g/mol. The molecule has 0 aromatic rings. The van der Waals surface area contributed by atoms with Crippen LogP contribution in [0.15, 0.2) is 0 Å². The number of carbonyl (C=O) groups is 1. The first-order valence-electron chi connectivity index (χ1n) is 8.44. The number of hydrogen-bond donors (Lipinski definition) is 1. The Kier molecular flexibility index (Phi) is 5.41. The molecule has 0 radical (unpaired) electrons. The van der Waals surface area contributed by atoms with Crippen LogP contribution in [-0.4, -0.2) is 50.0 Å². The second kappa shape index (κ2) is 6.77. The van der Waals surface area contributed by atoms with Crippen molar-refractivity contribution in [3.63, 3.8) is 0 Å². The Balaban J connectivity index is 1.82. The minimum absolute atomic E-state index is 0.147. The molecule has 0 saturated heterocycles. The zero-order valence-corrected chi connectivity index (χ0v) is 15.0. The van der Waals surface area contributed by atoms with E-state index in [2.05, 4.69) is 5.32 Å². The second-order valence-electron chi connectivity index (χ2n) is 7.24. The van der Waals surface area contributed by atoms with E-state index in [-0.39, 0.29) is 12.1 Å². The third-order valence-electron chi connectivity index (χ3n) is 5.69. The van der Waals surface area contributed by atoms with E-state index in [1.165, 1.54) is 43.3 Å². The van der Waals surface area contributed by atoms with E-state index in [0.717, 1.165) is 12.3 Å². The fourth-order valence-corrected chi connectivity index (χ4v) is 4.48. The first kappa shape index (κ1) is 17.6. The van der Waals surface area contributed by atoms with Crippen molar-refractivity contribution in [1.82, 2.24) is 10.2 Å². The topological polar surface area (TPSA) is 66.5 Å². The number of nitrogens with zero attached hydrogens (tertiary/aromatic N) is 1. The summed E-state index contributed by atoms with van der Waals surface area (Å²) < 4.78 is 23.3. The molecule has 22 heavy (non-hydrogen) atoms. The van der Waals surface area contributed by atoms with Gasteiger partial charge in [-0.3, -0.25) is 0 Å². The molecule has 2 aliphatic rings. The number of amides is 2. The average molecular weight is 330 g/mol. The van der Waals surface area contributed by atoms with Crippen molar-refractivity contribution in [3.8, 4) is 0 Å². The van der Waals surface area contributed by atoms with Gasteiger partial charge in [0, 0.05) is 25.4 Å². The predicted octanol–water partition coefficient (Wildman–Crippen LogP) is 2.42. The molecular formula is C16H30N2O3S. The quantitative estimate of drug-likeness (QED) is 0.842. The Morgan fingerprint density at radius 3 is 2.32 bits per heavy atom. The smallest absolute Gasteiger partial charge is 0.317 e. The van der Waals surface area contributed by atoms with Crippen LogP contribution >= 0.6 is 0 Å². The molecule has 6 heteroatoms. The van der Waals surface area contributed by atoms with Crippen molar-refractivity contribution >= 4 is 15.9 Å². The van der Waals surface area contributed by atoms with Gasteiger partial charge in [-0.05, 0) is 32.1 Å². The summed E-state index contributed by atoms with van der Waals surface area (Å²) >= 11 is 0. The largest absolute Gasteiger partial charge is 0.335 e. The number of hydrogen-bond acceptors (Lipinski definition) is 3. The molecule has 0 aliphatic heterocycles. The van der Waals surface area contributed by atoms with Crippen LogP contribution in [0.1, 0.15) is 52.4 Å². The van der Waals surface area contributed by atoms with E-state index in [1.54, 1.807) is 20.9 Å². The average Bonchev–Trinajstić information content (AvgIpc) is 3.24. The lowest BCUT2D eigenvalue weighted by Gasteiger charge is -2.29. The molecule has 4 atom stereocenters. The zero-order valence-electron chi connectivity index (χ0n) is 14.2. The van der Waals surface area contributed by atoms with Gasteiger partial charge in [0.2, 0.25) is 0 Å². The molecule has 0 bridgehead atoms. The van der Waals surface area contributed by atoms with Crippen LogP contribution in [0.25, 0.3) is 0 Å². The first-order valence-corrected chi connectivity index (χ1v) is 10.4. The Labute approximate surface area is 134 Å². The highest BCUT2D eigenvalue weighted by Gasteiger charge is 2.44. The summed E-state index contributed by atoms with van der Waals surface area (Å²) in [5.41, 5.74) is 0. The molecule has 0 aromatic carbocycles. The number of urea groups is 1. The summed E-state index contributed by atoms with van der Waals surface area (Å²) in [5.74, 6) is 1.41. The summed E-state index contributed by atoms with van der Waals surface area (Å²) in [6.07, 6.45) is 8.90. The molecule has 0 spiro atoms. The summed E-state index contributed by atoms with van der Waals surface area (Å²) in [7, 11) is -1.46. The third kappa shape index (κ3) is 4.15. The van der Waals surface area contributed by atoms with Gasteiger partial charge in [0.05, 0.1) is 5.25 Å². The molecule has 2 aliphatic carbocycles. The van der Waals surface area contributed by atoms with Crippen LogP contribution in [0, 0.1) is 11.8 Å². The predicted molar refractivity (Wildman–Crippen MR) is 88.5 cm³/mol. The fourth-order valence-electron chi connectivity index (χ4n) is 3.58. The molecule has 128 valence electrons. The fraction of sp³-hybridized carbons (Fsp3) is 0.938. The molecule has 2 fully saturated rings. The van der Waals surface area contributed by atoms with Crippen molar-refractivity contribution in [3.05, 3.63) is 0 Å². The van der Waals surface area contributed by atoms with Crippen LogP contribution in [-0.2, 0) is 9.84 Å². The summed E-state index contributed by atoms with van der Waals surface area (Å²) in [6.45, 7) is 3.45. The van der Waals surface area contributed by atoms with Gasteiger partial charge in [0.15, 0.2) is 9.84 Å². The van der Waals surface area contributed by atoms with Crippen molar-refractivity contribution in [1.29, 1.82) is 0 Å². The highest BCUT2D eigenvalue weighted by Crippen LogP contribution is 2.44. The van der Waals surface area contributed by atoms with Crippen molar-refractivity contribution in [2.45, 2.75) is 69.7 Å². The van der Waals surface area contributed by atoms with Gasteiger partial charge in [-0.2, -0.15) is 0 Å². The third-order valence-corrected chi connectivity index (χ3v) is 7.43. The van der Waals surface area contributed by atoms with Gasteiger partial charge >= 0.3 is 6.03 Å². The zero-order chi connectivity index (χ0) is 16.5. The van der Waals surface area contributed by atoms with Gasteiger partial charge in [-0.15, -0.1) is 0 Å². The normalized spacial score (nSPS) is 28.7. The van der Waals surface area contributed by atoms with Gasteiger partial charge in [0.1, 0.15) is 0 Å². The van der Waals surface area contributed by atoms with E-state index in [4.69, 9.17) is 0 Å². The SMILES string of the molecule is CC(C(C)S(C)(=O)=O)N(C)C(=O)NC1CC1C1CCCCC1. The van der Waals surface area contributed by atoms with Crippen molar-refractivity contribution in [2.75, 3.05) is 13.3 Å². The Bertz CT molecular complexity index is 500. The molecule has 1 N–H and O–H groups in total. The Hall–Kier alpha value is -0.780. The maximum Gasteiger partial charge on any atom is 0.317 e. The lowest BCUT2D eigenvalue weighted by Crippen LogP contribution is -2.49. The monoisotopic (exact) mass is 330 g/mol. The molecule has 2 amide bonds. The highest BCUT2D eigenvalue weighted by atomic mass is 32.2. The summed E-state index contributed by atoms with van der Waals surface area (Å²) in [6, 6.07) is -0.188. The second-order valence-corrected chi connectivity index (χ2v) is 9.64. The van der Waals surface area contributed by atoms with E-state index in [1.807, 2.05) is 0 Å². The number of rotatable bonds is 5. The maximum absolute atomic E-state index is 12.3. The minimum atomic E-state index is -3.14. The van der Waals surface area contributed by atoms with E-state index >= 15 is 0 Å². The van der Waals surface area contributed by atoms with E-state index in [9.17, 15) is 13.2 Å². The van der Waals surface area contributed by atoms with Gasteiger partial charge < -0.3 is 10.2 Å². The summed E-state index contributed by atoms with van der Waals surface area (Å²) in [5, 5.41) is 2.52.